The molecule has 0 aliphatic rings. The lowest BCUT2D eigenvalue weighted by Crippen LogP contribution is -2.31. The summed E-state index contributed by atoms with van der Waals surface area (Å²) in [7, 11) is 0. The van der Waals surface area contributed by atoms with Crippen molar-refractivity contribution in [3.8, 4) is 5.75 Å². The van der Waals surface area contributed by atoms with Crippen LogP contribution in [0.15, 0.2) is 18.2 Å². The Balaban J connectivity index is 2.75. The predicted octanol–water partition coefficient (Wildman–Crippen LogP) is 1.34. The van der Waals surface area contributed by atoms with E-state index in [4.69, 9.17) is 11.5 Å². The van der Waals surface area contributed by atoms with Crippen molar-refractivity contribution in [2.24, 2.45) is 11.5 Å². The molecule has 0 aromatic heterocycles. The van der Waals surface area contributed by atoms with Crippen molar-refractivity contribution in [1.29, 1.82) is 0 Å². The lowest BCUT2D eigenvalue weighted by Gasteiger charge is -2.13. The number of phenols is 1. The number of aromatic hydroxyl groups is 1. The second-order valence-electron chi connectivity index (χ2n) is 4.22. The Morgan fingerprint density at radius 2 is 2.12 bits per heavy atom. The van der Waals surface area contributed by atoms with Gasteiger partial charge < -0.3 is 16.6 Å². The molecule has 0 aliphatic carbocycles. The van der Waals surface area contributed by atoms with E-state index in [1.54, 1.807) is 19.1 Å². The van der Waals surface area contributed by atoms with E-state index in [2.05, 4.69) is 0 Å². The van der Waals surface area contributed by atoms with Crippen LogP contribution in [0, 0.1) is 6.92 Å². The van der Waals surface area contributed by atoms with Crippen LogP contribution in [0.3, 0.4) is 0 Å². The maximum absolute atomic E-state index is 12.1. The van der Waals surface area contributed by atoms with E-state index in [9.17, 15) is 9.90 Å². The molecule has 0 saturated carbocycles. The van der Waals surface area contributed by atoms with Gasteiger partial charge in [0.25, 0.3) is 0 Å². The van der Waals surface area contributed by atoms with Gasteiger partial charge in [-0.1, -0.05) is 18.6 Å². The molecule has 0 bridgehead atoms. The van der Waals surface area contributed by atoms with Gasteiger partial charge in [0.1, 0.15) is 5.75 Å². The number of unbranched alkanes of at least 4 members (excludes halogenated alkanes) is 1. The first-order valence-electron chi connectivity index (χ1n) is 5.86. The van der Waals surface area contributed by atoms with Crippen LogP contribution in [-0.4, -0.2) is 23.5 Å². The largest absolute Gasteiger partial charge is 0.507 e. The highest BCUT2D eigenvalue weighted by molar-refractivity contribution is 6.03. The first kappa shape index (κ1) is 13.7. The van der Waals surface area contributed by atoms with E-state index < -0.39 is 6.04 Å². The maximum atomic E-state index is 12.1. The number of aryl methyl sites for hydroxylation is 1. The van der Waals surface area contributed by atoms with Crippen molar-refractivity contribution in [1.82, 2.24) is 0 Å². The molecular formula is C13H20N2O2. The lowest BCUT2D eigenvalue weighted by atomic mass is 9.96. The molecule has 17 heavy (non-hydrogen) atoms. The Morgan fingerprint density at radius 1 is 1.41 bits per heavy atom. The summed E-state index contributed by atoms with van der Waals surface area (Å²) in [6.45, 7) is 2.40. The monoisotopic (exact) mass is 236 g/mol. The van der Waals surface area contributed by atoms with E-state index in [1.165, 1.54) is 6.07 Å². The van der Waals surface area contributed by atoms with Crippen LogP contribution >= 0.6 is 0 Å². The summed E-state index contributed by atoms with van der Waals surface area (Å²) in [5.41, 5.74) is 12.3. The van der Waals surface area contributed by atoms with Crippen LogP contribution in [0.25, 0.3) is 0 Å². The van der Waals surface area contributed by atoms with Gasteiger partial charge in [-0.25, -0.2) is 0 Å². The van der Waals surface area contributed by atoms with E-state index in [0.29, 0.717) is 18.5 Å². The molecule has 1 aromatic carbocycles. The van der Waals surface area contributed by atoms with Gasteiger partial charge in [0, 0.05) is 0 Å². The fourth-order valence-corrected chi connectivity index (χ4v) is 1.80. The van der Waals surface area contributed by atoms with Gasteiger partial charge in [-0.15, -0.1) is 0 Å². The van der Waals surface area contributed by atoms with E-state index in [-0.39, 0.29) is 11.5 Å². The average Bonchev–Trinajstić information content (AvgIpc) is 2.28. The zero-order valence-corrected chi connectivity index (χ0v) is 10.1. The fourth-order valence-electron chi connectivity index (χ4n) is 1.80. The van der Waals surface area contributed by atoms with Crippen LogP contribution in [0.2, 0.25) is 0 Å². The predicted molar refractivity (Wildman–Crippen MR) is 68.1 cm³/mol. The van der Waals surface area contributed by atoms with Gasteiger partial charge in [-0.3, -0.25) is 4.79 Å². The van der Waals surface area contributed by atoms with Crippen molar-refractivity contribution in [2.75, 3.05) is 6.54 Å². The first-order valence-corrected chi connectivity index (χ1v) is 5.86. The molecule has 0 unspecified atom stereocenters. The van der Waals surface area contributed by atoms with Crippen molar-refractivity contribution in [2.45, 2.75) is 32.2 Å². The minimum absolute atomic E-state index is 0.00396. The molecule has 94 valence electrons. The number of hydrogen-bond acceptors (Lipinski definition) is 4. The summed E-state index contributed by atoms with van der Waals surface area (Å²) in [5, 5.41) is 9.69. The molecule has 1 aromatic rings. The number of rotatable bonds is 6. The van der Waals surface area contributed by atoms with Gasteiger partial charge >= 0.3 is 0 Å². The SMILES string of the molecule is Cc1cccc(O)c1C(=O)[C@@H](N)CCCCN. The van der Waals surface area contributed by atoms with Gasteiger partial charge in [0.05, 0.1) is 11.6 Å². The van der Waals surface area contributed by atoms with E-state index in [1.807, 2.05) is 0 Å². The smallest absolute Gasteiger partial charge is 0.183 e. The maximum Gasteiger partial charge on any atom is 0.183 e. The summed E-state index contributed by atoms with van der Waals surface area (Å²) >= 11 is 0. The Hall–Kier alpha value is -1.39. The van der Waals surface area contributed by atoms with Gasteiger partial charge in [-0.05, 0) is 37.9 Å². The molecule has 0 aliphatic heterocycles. The summed E-state index contributed by atoms with van der Waals surface area (Å²) in [5.74, 6) is -0.193. The topological polar surface area (TPSA) is 89.3 Å². The summed E-state index contributed by atoms with van der Waals surface area (Å²) in [4.78, 5) is 12.1. The number of Topliss-reactive ketones (excluding diaryl/α,β-unsaturated/α-hetero) is 1. The molecule has 4 nitrogen and oxygen atoms in total. The highest BCUT2D eigenvalue weighted by atomic mass is 16.3. The molecular weight excluding hydrogens is 216 g/mol. The van der Waals surface area contributed by atoms with Gasteiger partial charge in [0.15, 0.2) is 5.78 Å². The molecule has 0 heterocycles. The van der Waals surface area contributed by atoms with Crippen LogP contribution < -0.4 is 11.5 Å². The molecule has 0 fully saturated rings. The lowest BCUT2D eigenvalue weighted by molar-refractivity contribution is 0.0953. The number of benzene rings is 1. The molecule has 0 spiro atoms. The molecule has 1 rings (SSSR count). The third-order valence-corrected chi connectivity index (χ3v) is 2.80. The second kappa shape index (κ2) is 6.37. The number of nitrogens with two attached hydrogens (primary N) is 2. The molecule has 0 saturated heterocycles. The van der Waals surface area contributed by atoms with Crippen LogP contribution in [0.1, 0.15) is 35.2 Å². The Labute approximate surface area is 102 Å². The normalized spacial score (nSPS) is 12.4. The van der Waals surface area contributed by atoms with Crippen LogP contribution in [0.4, 0.5) is 0 Å². The van der Waals surface area contributed by atoms with Crippen molar-refractivity contribution in [3.63, 3.8) is 0 Å². The molecule has 0 amide bonds. The average molecular weight is 236 g/mol. The third-order valence-electron chi connectivity index (χ3n) is 2.80. The summed E-state index contributed by atoms with van der Waals surface area (Å²) in [6.07, 6.45) is 2.29. The standard InChI is InChI=1S/C13H20N2O2/c1-9-5-4-7-11(16)12(9)13(17)10(15)6-2-3-8-14/h4-5,7,10,16H,2-3,6,8,14-15H2,1H3/t10-/m0/s1. The van der Waals surface area contributed by atoms with Crippen LogP contribution in [-0.2, 0) is 0 Å². The Kier molecular flexibility index (Phi) is 5.12. The quantitative estimate of drug-likeness (QED) is 0.513. The van der Waals surface area contributed by atoms with Crippen molar-refractivity contribution in [3.05, 3.63) is 29.3 Å². The number of ketones is 1. The molecule has 1 atom stereocenters. The highest BCUT2D eigenvalue weighted by Gasteiger charge is 2.20. The second-order valence-corrected chi connectivity index (χ2v) is 4.22. The molecule has 5 N–H and O–H groups in total. The number of carbonyl (C=O) groups is 1. The highest BCUT2D eigenvalue weighted by Crippen LogP contribution is 2.22. The zero-order valence-electron chi connectivity index (χ0n) is 10.1. The van der Waals surface area contributed by atoms with Gasteiger partial charge in [-0.2, -0.15) is 0 Å². The summed E-state index contributed by atoms with van der Waals surface area (Å²) < 4.78 is 0. The number of phenolic OH excluding ortho intramolecular Hbond substituents is 1. The summed E-state index contributed by atoms with van der Waals surface area (Å²) in [6, 6.07) is 4.45. The number of hydrogen-bond donors (Lipinski definition) is 3. The Bertz CT molecular complexity index is 371. The zero-order chi connectivity index (χ0) is 12.8. The Morgan fingerprint density at radius 3 is 2.71 bits per heavy atom. The minimum atomic E-state index is -0.562. The third kappa shape index (κ3) is 3.54. The van der Waals surface area contributed by atoms with Gasteiger partial charge in [0.2, 0.25) is 0 Å². The molecule has 0 radical (unpaired) electrons. The first-order chi connectivity index (χ1) is 8.07. The van der Waals surface area contributed by atoms with Crippen molar-refractivity contribution >= 4 is 5.78 Å². The minimum Gasteiger partial charge on any atom is -0.507 e. The number of carbonyl (C=O) groups excluding carboxylic acids is 1. The van der Waals surface area contributed by atoms with E-state index in [0.717, 1.165) is 18.4 Å². The molecule has 4 heteroatoms. The fraction of sp³-hybridized carbons (Fsp3) is 0.462. The van der Waals surface area contributed by atoms with Crippen LogP contribution in [0.5, 0.6) is 5.75 Å². The van der Waals surface area contributed by atoms with E-state index >= 15 is 0 Å². The van der Waals surface area contributed by atoms with Crippen molar-refractivity contribution < 1.29 is 9.90 Å².